The molecule has 3 aromatic rings. The van der Waals surface area contributed by atoms with Gasteiger partial charge >= 0.3 is 0 Å². The Bertz CT molecular complexity index is 844. The third kappa shape index (κ3) is 2.98. The molecule has 5 nitrogen and oxygen atoms in total. The van der Waals surface area contributed by atoms with Gasteiger partial charge in [0.2, 0.25) is 0 Å². The molecule has 2 aromatic heterocycles. The Morgan fingerprint density at radius 3 is 2.82 bits per heavy atom. The molecule has 0 saturated heterocycles. The second-order valence-corrected chi connectivity index (χ2v) is 4.78. The van der Waals surface area contributed by atoms with Crippen molar-refractivity contribution in [2.45, 2.75) is 6.92 Å². The number of benzene rings is 1. The van der Waals surface area contributed by atoms with Crippen LogP contribution in [0.5, 0.6) is 0 Å². The van der Waals surface area contributed by atoms with Crippen LogP contribution in [0.1, 0.15) is 21.7 Å². The van der Waals surface area contributed by atoms with Gasteiger partial charge in [0.15, 0.2) is 0 Å². The Kier molecular flexibility index (Phi) is 3.87. The van der Waals surface area contributed by atoms with Gasteiger partial charge < -0.3 is 0 Å². The molecule has 0 bridgehead atoms. The molecule has 3 rings (SSSR count). The first-order valence-corrected chi connectivity index (χ1v) is 6.85. The van der Waals surface area contributed by atoms with E-state index in [-0.39, 0.29) is 5.91 Å². The molecular formula is C17H14N4O. The molecule has 2 heterocycles. The normalized spacial score (nSPS) is 11.0. The number of carbonyl (C=O) groups is 1. The number of nitrogens with one attached hydrogen (secondary N) is 1. The Morgan fingerprint density at radius 2 is 2.00 bits per heavy atom. The highest BCUT2D eigenvalue weighted by Gasteiger charge is 2.10. The Balaban J connectivity index is 1.85. The number of hydrazone groups is 1. The van der Waals surface area contributed by atoms with Crippen LogP contribution in [0.4, 0.5) is 0 Å². The summed E-state index contributed by atoms with van der Waals surface area (Å²) < 4.78 is 0. The van der Waals surface area contributed by atoms with Crippen molar-refractivity contribution in [3.05, 3.63) is 71.7 Å². The zero-order valence-electron chi connectivity index (χ0n) is 12.0. The number of hydrogen-bond acceptors (Lipinski definition) is 4. The molecule has 1 aromatic carbocycles. The van der Waals surface area contributed by atoms with Gasteiger partial charge in [-0.15, -0.1) is 0 Å². The van der Waals surface area contributed by atoms with Crippen LogP contribution in [0, 0.1) is 6.92 Å². The van der Waals surface area contributed by atoms with E-state index in [0.717, 1.165) is 16.6 Å². The van der Waals surface area contributed by atoms with Crippen LogP contribution in [-0.2, 0) is 0 Å². The third-order valence-electron chi connectivity index (χ3n) is 3.14. The van der Waals surface area contributed by atoms with E-state index in [1.165, 1.54) is 6.21 Å². The van der Waals surface area contributed by atoms with Crippen LogP contribution in [0.3, 0.4) is 0 Å². The number of para-hydroxylation sites is 1. The molecule has 0 unspecified atom stereocenters. The van der Waals surface area contributed by atoms with Crippen molar-refractivity contribution < 1.29 is 4.79 Å². The minimum Gasteiger partial charge on any atom is -0.267 e. The molecule has 0 spiro atoms. The van der Waals surface area contributed by atoms with Gasteiger partial charge in [-0.05, 0) is 31.2 Å². The average Bonchev–Trinajstić information content (AvgIpc) is 2.55. The van der Waals surface area contributed by atoms with Gasteiger partial charge in [0.25, 0.3) is 5.91 Å². The summed E-state index contributed by atoms with van der Waals surface area (Å²) in [6, 6.07) is 14.8. The van der Waals surface area contributed by atoms with Gasteiger partial charge in [-0.3, -0.25) is 14.8 Å². The van der Waals surface area contributed by atoms with Gasteiger partial charge in [0.05, 0.1) is 23.0 Å². The fourth-order valence-electron chi connectivity index (χ4n) is 2.17. The summed E-state index contributed by atoms with van der Waals surface area (Å²) in [6.45, 7) is 1.86. The summed E-state index contributed by atoms with van der Waals surface area (Å²) in [6.07, 6.45) is 3.18. The highest BCUT2D eigenvalue weighted by Crippen LogP contribution is 2.17. The molecular weight excluding hydrogens is 276 g/mol. The molecule has 1 amide bonds. The van der Waals surface area contributed by atoms with Gasteiger partial charge in [0.1, 0.15) is 0 Å². The van der Waals surface area contributed by atoms with Crippen molar-refractivity contribution in [1.82, 2.24) is 15.4 Å². The smallest absolute Gasteiger partial charge is 0.267 e. The van der Waals surface area contributed by atoms with Crippen LogP contribution in [0.15, 0.2) is 59.8 Å². The first-order chi connectivity index (χ1) is 10.7. The zero-order chi connectivity index (χ0) is 15.4. The minimum atomic E-state index is -0.270. The molecule has 0 radical (unpaired) electrons. The summed E-state index contributed by atoms with van der Waals surface area (Å²) >= 11 is 0. The lowest BCUT2D eigenvalue weighted by Crippen LogP contribution is -2.18. The zero-order valence-corrected chi connectivity index (χ0v) is 12.0. The highest BCUT2D eigenvalue weighted by atomic mass is 16.2. The van der Waals surface area contributed by atoms with E-state index in [1.807, 2.05) is 49.4 Å². The lowest BCUT2D eigenvalue weighted by atomic mass is 10.1. The van der Waals surface area contributed by atoms with Crippen molar-refractivity contribution in [1.29, 1.82) is 0 Å². The molecule has 0 saturated carbocycles. The number of nitrogens with zero attached hydrogens (tertiary/aromatic N) is 3. The van der Waals surface area contributed by atoms with Crippen molar-refractivity contribution >= 4 is 23.0 Å². The number of aryl methyl sites for hydroxylation is 1. The summed E-state index contributed by atoms with van der Waals surface area (Å²) in [4.78, 5) is 20.8. The minimum absolute atomic E-state index is 0.270. The molecule has 108 valence electrons. The predicted octanol–water partition coefficient (Wildman–Crippen LogP) is 2.70. The fourth-order valence-corrected chi connectivity index (χ4v) is 2.17. The number of hydrogen-bond donors (Lipinski definition) is 1. The van der Waals surface area contributed by atoms with Crippen molar-refractivity contribution in [2.24, 2.45) is 5.10 Å². The first kappa shape index (κ1) is 13.9. The van der Waals surface area contributed by atoms with E-state index < -0.39 is 0 Å². The molecule has 0 atom stereocenters. The second kappa shape index (κ2) is 6.13. The van der Waals surface area contributed by atoms with E-state index in [0.29, 0.717) is 11.3 Å². The van der Waals surface area contributed by atoms with Crippen LogP contribution in [-0.4, -0.2) is 22.1 Å². The lowest BCUT2D eigenvalue weighted by molar-refractivity contribution is 0.0956. The van der Waals surface area contributed by atoms with Gasteiger partial charge in [-0.2, -0.15) is 5.10 Å². The number of fused-ring (bicyclic) bond motifs is 1. The van der Waals surface area contributed by atoms with Gasteiger partial charge in [-0.25, -0.2) is 5.43 Å². The van der Waals surface area contributed by atoms with Gasteiger partial charge in [-0.1, -0.05) is 24.3 Å². The number of aromatic nitrogens is 2. The Hall–Kier alpha value is -3.08. The van der Waals surface area contributed by atoms with E-state index >= 15 is 0 Å². The van der Waals surface area contributed by atoms with Crippen molar-refractivity contribution in [3.8, 4) is 0 Å². The molecule has 0 aliphatic carbocycles. The third-order valence-corrected chi connectivity index (χ3v) is 3.14. The lowest BCUT2D eigenvalue weighted by Gasteiger charge is -2.06. The predicted molar refractivity (Wildman–Crippen MR) is 85.8 cm³/mol. The molecule has 0 aliphatic rings. The molecule has 5 heteroatoms. The van der Waals surface area contributed by atoms with Crippen LogP contribution in [0.25, 0.3) is 10.9 Å². The summed E-state index contributed by atoms with van der Waals surface area (Å²) in [5, 5.41) is 4.75. The second-order valence-electron chi connectivity index (χ2n) is 4.78. The van der Waals surface area contributed by atoms with Crippen molar-refractivity contribution in [3.63, 3.8) is 0 Å². The Morgan fingerprint density at radius 1 is 1.18 bits per heavy atom. The highest BCUT2D eigenvalue weighted by molar-refractivity contribution is 6.06. The number of carbonyl (C=O) groups excluding carboxylic acids is 1. The van der Waals surface area contributed by atoms with Crippen LogP contribution >= 0.6 is 0 Å². The average molecular weight is 290 g/mol. The maximum atomic E-state index is 12.3. The number of amides is 1. The molecule has 0 fully saturated rings. The monoisotopic (exact) mass is 290 g/mol. The summed E-state index contributed by atoms with van der Waals surface area (Å²) in [7, 11) is 0. The molecule has 22 heavy (non-hydrogen) atoms. The van der Waals surface area contributed by atoms with E-state index in [9.17, 15) is 4.79 Å². The quantitative estimate of drug-likeness (QED) is 0.595. The first-order valence-electron chi connectivity index (χ1n) is 6.85. The maximum Gasteiger partial charge on any atom is 0.272 e. The summed E-state index contributed by atoms with van der Waals surface area (Å²) in [5.74, 6) is -0.270. The molecule has 1 N–H and O–H groups in total. The van der Waals surface area contributed by atoms with Crippen molar-refractivity contribution in [2.75, 3.05) is 0 Å². The van der Waals surface area contributed by atoms with E-state index in [1.54, 1.807) is 12.3 Å². The van der Waals surface area contributed by atoms with E-state index in [2.05, 4.69) is 20.5 Å². The van der Waals surface area contributed by atoms with E-state index in [4.69, 9.17) is 0 Å². The van der Waals surface area contributed by atoms with Gasteiger partial charge in [0, 0.05) is 17.3 Å². The maximum absolute atomic E-state index is 12.3. The standard InChI is InChI=1S/C17H14N4O/c1-12-10-15(14-7-2-3-8-16(14)20-12)17(22)21-19-11-13-6-4-5-9-18-13/h2-11H,1H3,(H,21,22). The SMILES string of the molecule is Cc1cc(C(=O)NN=Cc2ccccn2)c2ccccc2n1. The fraction of sp³-hybridized carbons (Fsp3) is 0.0588. The number of rotatable bonds is 3. The Labute approximate surface area is 127 Å². The number of pyridine rings is 2. The summed E-state index contributed by atoms with van der Waals surface area (Å²) in [5.41, 5.74) is 5.35. The molecule has 0 aliphatic heterocycles. The largest absolute Gasteiger partial charge is 0.272 e. The van der Waals surface area contributed by atoms with Crippen LogP contribution < -0.4 is 5.43 Å². The van der Waals surface area contributed by atoms with Crippen LogP contribution in [0.2, 0.25) is 0 Å². The topological polar surface area (TPSA) is 67.2 Å².